The first-order chi connectivity index (χ1) is 13.6. The summed E-state index contributed by atoms with van der Waals surface area (Å²) in [5, 5.41) is 4.11. The Kier molecular flexibility index (Phi) is 5.19. The molecular weight excluding hydrogens is 357 g/mol. The van der Waals surface area contributed by atoms with E-state index in [4.69, 9.17) is 4.52 Å². The molecule has 0 radical (unpaired) electrons. The molecule has 5 nitrogen and oxygen atoms in total. The minimum absolute atomic E-state index is 0.128. The lowest BCUT2D eigenvalue weighted by molar-refractivity contribution is 0.0663. The summed E-state index contributed by atoms with van der Waals surface area (Å²) < 4.78 is 19.4. The highest BCUT2D eigenvalue weighted by atomic mass is 19.1. The van der Waals surface area contributed by atoms with Gasteiger partial charge in [0.15, 0.2) is 0 Å². The summed E-state index contributed by atoms with van der Waals surface area (Å²) in [6, 6.07) is 14.0. The summed E-state index contributed by atoms with van der Waals surface area (Å²) in [7, 11) is 0. The normalized spacial score (nSPS) is 16.9. The van der Waals surface area contributed by atoms with E-state index in [1.165, 1.54) is 12.1 Å². The van der Waals surface area contributed by atoms with Crippen molar-refractivity contribution in [2.45, 2.75) is 26.2 Å². The molecule has 1 saturated heterocycles. The number of amides is 1. The van der Waals surface area contributed by atoms with E-state index in [9.17, 15) is 9.18 Å². The number of likely N-dealkylation sites (tertiary alicyclic amines) is 1. The van der Waals surface area contributed by atoms with E-state index in [0.29, 0.717) is 31.2 Å². The van der Waals surface area contributed by atoms with Gasteiger partial charge in [0.25, 0.3) is 5.91 Å². The van der Waals surface area contributed by atoms with Crippen LogP contribution in [0, 0.1) is 18.7 Å². The van der Waals surface area contributed by atoms with E-state index in [1.807, 2.05) is 31.2 Å². The van der Waals surface area contributed by atoms with Crippen LogP contribution in [0.4, 0.5) is 4.39 Å². The summed E-state index contributed by atoms with van der Waals surface area (Å²) in [5.41, 5.74) is 2.18. The molecule has 144 valence electrons. The van der Waals surface area contributed by atoms with Gasteiger partial charge in [0.1, 0.15) is 5.82 Å². The Labute approximate surface area is 163 Å². The highest BCUT2D eigenvalue weighted by molar-refractivity contribution is 5.94. The number of aryl methyl sites for hydroxylation is 1. The third kappa shape index (κ3) is 3.81. The lowest BCUT2D eigenvalue weighted by Gasteiger charge is -2.32. The van der Waals surface area contributed by atoms with Crippen molar-refractivity contribution in [3.8, 4) is 11.4 Å². The van der Waals surface area contributed by atoms with E-state index < -0.39 is 5.82 Å². The molecular formula is C22H22FN3O2. The number of nitrogens with zero attached hydrogens (tertiary/aromatic N) is 3. The zero-order chi connectivity index (χ0) is 19.5. The molecule has 2 aromatic carbocycles. The Morgan fingerprint density at radius 1 is 1.21 bits per heavy atom. The van der Waals surface area contributed by atoms with E-state index in [2.05, 4.69) is 10.1 Å². The van der Waals surface area contributed by atoms with E-state index in [0.717, 1.165) is 24.0 Å². The molecule has 4 rings (SSSR count). The van der Waals surface area contributed by atoms with Crippen LogP contribution in [0.3, 0.4) is 0 Å². The topological polar surface area (TPSA) is 59.2 Å². The molecule has 0 N–H and O–H groups in total. The van der Waals surface area contributed by atoms with Gasteiger partial charge in [-0.05, 0) is 43.4 Å². The van der Waals surface area contributed by atoms with Gasteiger partial charge in [-0.25, -0.2) is 4.39 Å². The predicted molar refractivity (Wildman–Crippen MR) is 103 cm³/mol. The number of piperidine rings is 1. The maximum atomic E-state index is 14.0. The van der Waals surface area contributed by atoms with Gasteiger partial charge in [-0.3, -0.25) is 4.79 Å². The fourth-order valence-corrected chi connectivity index (χ4v) is 3.74. The molecule has 6 heteroatoms. The lowest BCUT2D eigenvalue weighted by atomic mass is 9.94. The molecule has 28 heavy (non-hydrogen) atoms. The third-order valence-corrected chi connectivity index (χ3v) is 5.23. The van der Waals surface area contributed by atoms with Gasteiger partial charge in [0.2, 0.25) is 11.7 Å². The van der Waals surface area contributed by atoms with Crippen molar-refractivity contribution in [1.82, 2.24) is 15.0 Å². The van der Waals surface area contributed by atoms with E-state index in [-0.39, 0.29) is 17.4 Å². The van der Waals surface area contributed by atoms with Crippen molar-refractivity contribution >= 4 is 5.91 Å². The third-order valence-electron chi connectivity index (χ3n) is 5.23. The molecule has 0 spiro atoms. The minimum atomic E-state index is -0.477. The number of aromatic nitrogens is 2. The first-order valence-electron chi connectivity index (χ1n) is 9.54. The molecule has 1 fully saturated rings. The summed E-state index contributed by atoms with van der Waals surface area (Å²) in [4.78, 5) is 18.9. The van der Waals surface area contributed by atoms with Crippen molar-refractivity contribution < 1.29 is 13.7 Å². The standard InChI is InChI=1S/C22H22FN3O2/c1-15-7-2-3-9-17(15)21-24-20(28-25-21)13-16-8-6-12-26(14-16)22(27)18-10-4-5-11-19(18)23/h2-5,7,9-11,16H,6,8,12-14H2,1H3. The smallest absolute Gasteiger partial charge is 0.256 e. The number of rotatable bonds is 4. The van der Waals surface area contributed by atoms with Crippen LogP contribution in [0.25, 0.3) is 11.4 Å². The number of carbonyl (C=O) groups is 1. The zero-order valence-corrected chi connectivity index (χ0v) is 15.8. The first-order valence-corrected chi connectivity index (χ1v) is 9.54. The van der Waals surface area contributed by atoms with Gasteiger partial charge in [0.05, 0.1) is 5.56 Å². The maximum Gasteiger partial charge on any atom is 0.256 e. The Bertz CT molecular complexity index is 985. The fourth-order valence-electron chi connectivity index (χ4n) is 3.74. The number of halogens is 1. The van der Waals surface area contributed by atoms with Gasteiger partial charge < -0.3 is 9.42 Å². The van der Waals surface area contributed by atoms with Crippen molar-refractivity contribution in [3.05, 3.63) is 71.4 Å². The zero-order valence-electron chi connectivity index (χ0n) is 15.8. The van der Waals surface area contributed by atoms with Gasteiger partial charge in [0, 0.05) is 25.1 Å². The van der Waals surface area contributed by atoms with Gasteiger partial charge in [-0.2, -0.15) is 4.98 Å². The van der Waals surface area contributed by atoms with Crippen molar-refractivity contribution in [3.63, 3.8) is 0 Å². The molecule has 1 atom stereocenters. The average molecular weight is 379 g/mol. The number of hydrogen-bond acceptors (Lipinski definition) is 4. The minimum Gasteiger partial charge on any atom is -0.339 e. The first kappa shape index (κ1) is 18.3. The number of benzene rings is 2. The Hall–Kier alpha value is -3.02. The van der Waals surface area contributed by atoms with Gasteiger partial charge in [-0.1, -0.05) is 41.6 Å². The second-order valence-electron chi connectivity index (χ2n) is 7.27. The Morgan fingerprint density at radius 3 is 2.82 bits per heavy atom. The summed E-state index contributed by atoms with van der Waals surface area (Å²) in [5.74, 6) is 0.643. The van der Waals surface area contributed by atoms with Crippen LogP contribution in [0.15, 0.2) is 53.1 Å². The highest BCUT2D eigenvalue weighted by Crippen LogP contribution is 2.25. The van der Waals surface area contributed by atoms with Crippen molar-refractivity contribution in [2.24, 2.45) is 5.92 Å². The van der Waals surface area contributed by atoms with Crippen LogP contribution in [0.1, 0.15) is 34.7 Å². The van der Waals surface area contributed by atoms with Crippen LogP contribution in [0.5, 0.6) is 0 Å². The van der Waals surface area contributed by atoms with Crippen LogP contribution < -0.4 is 0 Å². The number of hydrogen-bond donors (Lipinski definition) is 0. The Balaban J connectivity index is 1.44. The number of carbonyl (C=O) groups excluding carboxylic acids is 1. The SMILES string of the molecule is Cc1ccccc1-c1noc(CC2CCCN(C(=O)c3ccccc3F)C2)n1. The second kappa shape index (κ2) is 7.92. The molecule has 1 amide bonds. The molecule has 2 heterocycles. The molecule has 1 aliphatic heterocycles. The predicted octanol–water partition coefficient (Wildman–Crippen LogP) is 4.28. The van der Waals surface area contributed by atoms with Crippen LogP contribution in [-0.4, -0.2) is 34.0 Å². The Morgan fingerprint density at radius 2 is 2.00 bits per heavy atom. The molecule has 0 bridgehead atoms. The second-order valence-corrected chi connectivity index (χ2v) is 7.27. The van der Waals surface area contributed by atoms with Gasteiger partial charge >= 0.3 is 0 Å². The lowest BCUT2D eigenvalue weighted by Crippen LogP contribution is -2.40. The van der Waals surface area contributed by atoms with Crippen LogP contribution >= 0.6 is 0 Å². The summed E-state index contributed by atoms with van der Waals surface area (Å²) in [6.45, 7) is 3.22. The largest absolute Gasteiger partial charge is 0.339 e. The molecule has 0 aliphatic carbocycles. The summed E-state index contributed by atoms with van der Waals surface area (Å²) >= 11 is 0. The van der Waals surface area contributed by atoms with Crippen molar-refractivity contribution in [2.75, 3.05) is 13.1 Å². The maximum absolute atomic E-state index is 14.0. The molecule has 1 aromatic heterocycles. The molecule has 1 unspecified atom stereocenters. The van der Waals surface area contributed by atoms with Crippen LogP contribution in [-0.2, 0) is 6.42 Å². The van der Waals surface area contributed by atoms with E-state index >= 15 is 0 Å². The monoisotopic (exact) mass is 379 g/mol. The molecule has 0 saturated carbocycles. The quantitative estimate of drug-likeness (QED) is 0.679. The summed E-state index contributed by atoms with van der Waals surface area (Å²) in [6.07, 6.45) is 2.46. The average Bonchev–Trinajstić information content (AvgIpc) is 3.16. The van der Waals surface area contributed by atoms with Crippen LogP contribution in [0.2, 0.25) is 0 Å². The molecule has 3 aromatic rings. The highest BCUT2D eigenvalue weighted by Gasteiger charge is 2.27. The van der Waals surface area contributed by atoms with E-state index in [1.54, 1.807) is 17.0 Å². The van der Waals surface area contributed by atoms with Crippen molar-refractivity contribution in [1.29, 1.82) is 0 Å². The fraction of sp³-hybridized carbons (Fsp3) is 0.318. The van der Waals surface area contributed by atoms with Gasteiger partial charge in [-0.15, -0.1) is 0 Å². The molecule has 1 aliphatic rings.